The standard InChI is InChI=1S/C24H34F2N2O2/c1-3-5-7-9-21(26)18-30-22-12-10-19(11-13-22)24-27-16-23(17-28-24)29-15-14-20(25)8-6-4-2/h10-13,16-17,20-21H,3-9,14-15,18H2,1-2H3. The molecule has 0 fully saturated rings. The van der Waals surface area contributed by atoms with Crippen molar-refractivity contribution >= 4 is 0 Å². The highest BCUT2D eigenvalue weighted by atomic mass is 19.1. The van der Waals surface area contributed by atoms with Gasteiger partial charge in [0, 0.05) is 12.0 Å². The van der Waals surface area contributed by atoms with Crippen molar-refractivity contribution in [3.8, 4) is 22.9 Å². The molecule has 1 aromatic heterocycles. The Morgan fingerprint density at radius 1 is 0.767 bits per heavy atom. The summed E-state index contributed by atoms with van der Waals surface area (Å²) in [6, 6.07) is 7.27. The molecule has 0 saturated carbocycles. The summed E-state index contributed by atoms with van der Waals surface area (Å²) in [6.45, 7) is 4.54. The summed E-state index contributed by atoms with van der Waals surface area (Å²) < 4.78 is 38.5. The molecule has 0 aliphatic rings. The van der Waals surface area contributed by atoms with E-state index >= 15 is 0 Å². The minimum Gasteiger partial charge on any atom is -0.491 e. The van der Waals surface area contributed by atoms with E-state index in [1.54, 1.807) is 24.5 Å². The van der Waals surface area contributed by atoms with E-state index < -0.39 is 12.3 Å². The van der Waals surface area contributed by atoms with Crippen molar-refractivity contribution in [3.63, 3.8) is 0 Å². The van der Waals surface area contributed by atoms with Gasteiger partial charge >= 0.3 is 0 Å². The van der Waals surface area contributed by atoms with E-state index in [1.807, 2.05) is 12.1 Å². The van der Waals surface area contributed by atoms with Crippen LogP contribution >= 0.6 is 0 Å². The number of aromatic nitrogens is 2. The molecule has 1 heterocycles. The molecular weight excluding hydrogens is 386 g/mol. The summed E-state index contributed by atoms with van der Waals surface area (Å²) in [5, 5.41) is 0. The molecule has 0 aliphatic carbocycles. The van der Waals surface area contributed by atoms with Gasteiger partial charge in [0.1, 0.15) is 24.7 Å². The number of halogens is 2. The number of hydrogen-bond acceptors (Lipinski definition) is 4. The number of alkyl halides is 2. The lowest BCUT2D eigenvalue weighted by molar-refractivity contribution is 0.184. The summed E-state index contributed by atoms with van der Waals surface area (Å²) in [7, 11) is 0. The van der Waals surface area contributed by atoms with Crippen LogP contribution in [0.15, 0.2) is 36.7 Å². The molecule has 1 aromatic carbocycles. The van der Waals surface area contributed by atoms with Crippen molar-refractivity contribution in [1.82, 2.24) is 9.97 Å². The Morgan fingerprint density at radius 2 is 1.43 bits per heavy atom. The van der Waals surface area contributed by atoms with E-state index in [-0.39, 0.29) is 6.61 Å². The molecule has 2 atom stereocenters. The maximum Gasteiger partial charge on any atom is 0.159 e. The highest BCUT2D eigenvalue weighted by Gasteiger charge is 2.09. The van der Waals surface area contributed by atoms with Crippen LogP contribution in [-0.2, 0) is 0 Å². The van der Waals surface area contributed by atoms with Crippen molar-refractivity contribution in [2.75, 3.05) is 13.2 Å². The van der Waals surface area contributed by atoms with Gasteiger partial charge in [-0.3, -0.25) is 0 Å². The Bertz CT molecular complexity index is 695. The fraction of sp³-hybridized carbons (Fsp3) is 0.583. The fourth-order valence-corrected chi connectivity index (χ4v) is 3.00. The first-order valence-electron chi connectivity index (χ1n) is 11.1. The number of ether oxygens (including phenoxy) is 2. The van der Waals surface area contributed by atoms with Gasteiger partial charge in [-0.2, -0.15) is 0 Å². The number of unbranched alkanes of at least 4 members (excludes halogenated alkanes) is 3. The highest BCUT2D eigenvalue weighted by Crippen LogP contribution is 2.21. The Labute approximate surface area is 179 Å². The van der Waals surface area contributed by atoms with Crippen LogP contribution in [-0.4, -0.2) is 35.5 Å². The topological polar surface area (TPSA) is 44.2 Å². The van der Waals surface area contributed by atoms with Gasteiger partial charge in [0.15, 0.2) is 11.6 Å². The van der Waals surface area contributed by atoms with Crippen molar-refractivity contribution in [2.45, 2.75) is 77.6 Å². The van der Waals surface area contributed by atoms with Gasteiger partial charge < -0.3 is 9.47 Å². The predicted octanol–water partition coefficient (Wildman–Crippen LogP) is 6.74. The molecule has 0 saturated heterocycles. The predicted molar refractivity (Wildman–Crippen MR) is 117 cm³/mol. The zero-order valence-electron chi connectivity index (χ0n) is 18.2. The van der Waals surface area contributed by atoms with E-state index in [0.717, 1.165) is 37.7 Å². The van der Waals surface area contributed by atoms with E-state index in [9.17, 15) is 8.78 Å². The fourth-order valence-electron chi connectivity index (χ4n) is 3.00. The lowest BCUT2D eigenvalue weighted by Gasteiger charge is -2.11. The number of hydrogen-bond donors (Lipinski definition) is 0. The van der Waals surface area contributed by atoms with Crippen LogP contribution in [0.5, 0.6) is 11.5 Å². The number of nitrogens with zero attached hydrogens (tertiary/aromatic N) is 2. The highest BCUT2D eigenvalue weighted by molar-refractivity contribution is 5.56. The molecule has 0 radical (unpaired) electrons. The van der Waals surface area contributed by atoms with Crippen LogP contribution in [0.3, 0.4) is 0 Å². The normalized spacial score (nSPS) is 13.1. The minimum absolute atomic E-state index is 0.0732. The van der Waals surface area contributed by atoms with Gasteiger partial charge in [0.05, 0.1) is 19.0 Å². The Balaban J connectivity index is 1.76. The van der Waals surface area contributed by atoms with Gasteiger partial charge in [0.25, 0.3) is 0 Å². The lowest BCUT2D eigenvalue weighted by Crippen LogP contribution is -2.12. The average Bonchev–Trinajstić information content (AvgIpc) is 2.77. The molecule has 0 bridgehead atoms. The first-order valence-corrected chi connectivity index (χ1v) is 11.1. The van der Waals surface area contributed by atoms with Crippen LogP contribution in [0.1, 0.15) is 65.2 Å². The molecule has 2 rings (SSSR count). The smallest absolute Gasteiger partial charge is 0.159 e. The van der Waals surface area contributed by atoms with Crippen LogP contribution in [0.4, 0.5) is 8.78 Å². The lowest BCUT2D eigenvalue weighted by atomic mass is 10.1. The molecule has 0 N–H and O–H groups in total. The first kappa shape index (κ1) is 24.0. The van der Waals surface area contributed by atoms with Gasteiger partial charge in [0.2, 0.25) is 0 Å². The first-order chi connectivity index (χ1) is 14.6. The van der Waals surface area contributed by atoms with E-state index in [1.165, 1.54) is 0 Å². The molecule has 4 nitrogen and oxygen atoms in total. The van der Waals surface area contributed by atoms with Crippen LogP contribution in [0.25, 0.3) is 11.4 Å². The molecule has 2 aromatic rings. The second-order valence-corrected chi connectivity index (χ2v) is 7.55. The third-order valence-electron chi connectivity index (χ3n) is 4.86. The molecule has 0 amide bonds. The van der Waals surface area contributed by atoms with E-state index in [4.69, 9.17) is 9.47 Å². The third-order valence-corrected chi connectivity index (χ3v) is 4.86. The number of rotatable bonds is 15. The zero-order chi connectivity index (χ0) is 21.6. The molecule has 0 spiro atoms. The van der Waals surface area contributed by atoms with Gasteiger partial charge in [-0.25, -0.2) is 18.7 Å². The summed E-state index contributed by atoms with van der Waals surface area (Å²) >= 11 is 0. The molecular formula is C24H34F2N2O2. The monoisotopic (exact) mass is 420 g/mol. The summed E-state index contributed by atoms with van der Waals surface area (Å²) in [6.07, 6.45) is 7.85. The van der Waals surface area contributed by atoms with Crippen LogP contribution < -0.4 is 9.47 Å². The summed E-state index contributed by atoms with van der Waals surface area (Å²) in [4.78, 5) is 8.62. The SMILES string of the molecule is CCCCCC(F)COc1ccc(-c2ncc(OCCC(F)CCCC)cn2)cc1. The maximum absolute atomic E-state index is 13.8. The summed E-state index contributed by atoms with van der Waals surface area (Å²) in [5.41, 5.74) is 0.831. The zero-order valence-corrected chi connectivity index (χ0v) is 18.2. The Morgan fingerprint density at radius 3 is 2.10 bits per heavy atom. The van der Waals surface area contributed by atoms with Crippen molar-refractivity contribution in [1.29, 1.82) is 0 Å². The van der Waals surface area contributed by atoms with E-state index in [2.05, 4.69) is 23.8 Å². The second-order valence-electron chi connectivity index (χ2n) is 7.55. The molecule has 30 heavy (non-hydrogen) atoms. The maximum atomic E-state index is 13.8. The third kappa shape index (κ3) is 9.06. The van der Waals surface area contributed by atoms with Crippen molar-refractivity contribution in [3.05, 3.63) is 36.7 Å². The molecule has 2 unspecified atom stereocenters. The summed E-state index contributed by atoms with van der Waals surface area (Å²) in [5.74, 6) is 1.71. The van der Waals surface area contributed by atoms with E-state index in [0.29, 0.717) is 43.2 Å². The van der Waals surface area contributed by atoms with Crippen LogP contribution in [0.2, 0.25) is 0 Å². The molecule has 0 aliphatic heterocycles. The largest absolute Gasteiger partial charge is 0.491 e. The van der Waals surface area contributed by atoms with Gasteiger partial charge in [-0.1, -0.05) is 46.0 Å². The van der Waals surface area contributed by atoms with Crippen LogP contribution in [0, 0.1) is 0 Å². The second kappa shape index (κ2) is 13.9. The van der Waals surface area contributed by atoms with Crippen molar-refractivity contribution < 1.29 is 18.3 Å². The van der Waals surface area contributed by atoms with Gasteiger partial charge in [-0.15, -0.1) is 0 Å². The quantitative estimate of drug-likeness (QED) is 0.299. The van der Waals surface area contributed by atoms with Gasteiger partial charge in [-0.05, 0) is 37.1 Å². The minimum atomic E-state index is -0.938. The average molecular weight is 421 g/mol. The Hall–Kier alpha value is -2.24. The number of benzene rings is 1. The Kier molecular flexibility index (Phi) is 11.1. The van der Waals surface area contributed by atoms with Crippen molar-refractivity contribution in [2.24, 2.45) is 0 Å². The molecule has 6 heteroatoms. The molecule has 166 valence electrons.